The summed E-state index contributed by atoms with van der Waals surface area (Å²) >= 11 is 0. The lowest BCUT2D eigenvalue weighted by molar-refractivity contribution is 0.235. The highest BCUT2D eigenvalue weighted by atomic mass is 16.2. The van der Waals surface area contributed by atoms with Crippen molar-refractivity contribution in [3.8, 4) is 0 Å². The monoisotopic (exact) mass is 316 g/mol. The summed E-state index contributed by atoms with van der Waals surface area (Å²) in [4.78, 5) is 28.5. The number of carbonyl (C=O) groups is 1. The van der Waals surface area contributed by atoms with Gasteiger partial charge in [-0.3, -0.25) is 9.36 Å². The normalized spacial score (nSPS) is 11.5. The Kier molecular flexibility index (Phi) is 5.03. The molecule has 124 valence electrons. The third kappa shape index (κ3) is 4.55. The van der Waals surface area contributed by atoms with Gasteiger partial charge in [0.1, 0.15) is 5.82 Å². The predicted octanol–water partition coefficient (Wildman–Crippen LogP) is 1.82. The van der Waals surface area contributed by atoms with Crippen molar-refractivity contribution in [2.24, 2.45) is 12.5 Å². The van der Waals surface area contributed by atoms with Crippen molar-refractivity contribution in [3.63, 3.8) is 0 Å². The Morgan fingerprint density at radius 3 is 2.61 bits per heavy atom. The van der Waals surface area contributed by atoms with Crippen molar-refractivity contribution < 1.29 is 4.79 Å². The molecule has 0 aliphatic rings. The molecule has 0 atom stereocenters. The van der Waals surface area contributed by atoms with Crippen molar-refractivity contribution in [2.45, 2.75) is 27.2 Å². The van der Waals surface area contributed by atoms with Crippen LogP contribution < -0.4 is 16.2 Å². The third-order valence-corrected chi connectivity index (χ3v) is 3.49. The van der Waals surface area contributed by atoms with E-state index < -0.39 is 0 Å². The second-order valence-corrected chi connectivity index (χ2v) is 6.83. The topological polar surface area (TPSA) is 76.0 Å². The molecule has 1 aromatic heterocycles. The molecule has 0 aliphatic carbocycles. The van der Waals surface area contributed by atoms with Crippen molar-refractivity contribution in [3.05, 3.63) is 40.4 Å². The van der Waals surface area contributed by atoms with Crippen LogP contribution in [0.25, 0.3) is 10.9 Å². The third-order valence-electron chi connectivity index (χ3n) is 3.49. The minimum Gasteiger partial charge on any atom is -0.338 e. The summed E-state index contributed by atoms with van der Waals surface area (Å²) in [5, 5.41) is 6.22. The standard InChI is InChI=1S/C17H24N4O2/c1-17(2,3)11-19-16(23)18-10-9-14-20-13-8-6-5-7-12(13)15(22)21(14)4/h5-8H,9-11H2,1-4H3,(H2,18,19,23). The molecule has 6 nitrogen and oxygen atoms in total. The van der Waals surface area contributed by atoms with Gasteiger partial charge in [0.15, 0.2) is 0 Å². The van der Waals surface area contributed by atoms with Gasteiger partial charge in [-0.25, -0.2) is 9.78 Å². The number of rotatable bonds is 4. The lowest BCUT2D eigenvalue weighted by atomic mass is 9.97. The van der Waals surface area contributed by atoms with Crippen LogP contribution in [-0.2, 0) is 13.5 Å². The van der Waals surface area contributed by atoms with Gasteiger partial charge in [0, 0.05) is 26.6 Å². The van der Waals surface area contributed by atoms with Gasteiger partial charge < -0.3 is 10.6 Å². The molecule has 2 rings (SSSR count). The first-order chi connectivity index (χ1) is 10.8. The molecular weight excluding hydrogens is 292 g/mol. The van der Waals surface area contributed by atoms with Gasteiger partial charge in [-0.2, -0.15) is 0 Å². The van der Waals surface area contributed by atoms with Crippen LogP contribution in [0, 0.1) is 5.41 Å². The minimum absolute atomic E-state index is 0.0428. The molecule has 0 bridgehead atoms. The Morgan fingerprint density at radius 2 is 1.91 bits per heavy atom. The summed E-state index contributed by atoms with van der Waals surface area (Å²) in [7, 11) is 1.71. The van der Waals surface area contributed by atoms with E-state index in [2.05, 4.69) is 36.4 Å². The predicted molar refractivity (Wildman–Crippen MR) is 91.5 cm³/mol. The number of hydrogen-bond donors (Lipinski definition) is 2. The van der Waals surface area contributed by atoms with E-state index in [0.29, 0.717) is 36.2 Å². The van der Waals surface area contributed by atoms with Gasteiger partial charge in [-0.05, 0) is 17.5 Å². The Labute approximate surface area is 135 Å². The lowest BCUT2D eigenvalue weighted by Crippen LogP contribution is -2.41. The van der Waals surface area contributed by atoms with Crippen molar-refractivity contribution in [1.82, 2.24) is 20.2 Å². The molecule has 0 saturated carbocycles. The molecule has 2 amide bonds. The van der Waals surface area contributed by atoms with Gasteiger partial charge in [-0.1, -0.05) is 32.9 Å². The maximum atomic E-state index is 12.3. The molecule has 0 saturated heterocycles. The summed E-state index contributed by atoms with van der Waals surface area (Å²) in [6.07, 6.45) is 0.500. The lowest BCUT2D eigenvalue weighted by Gasteiger charge is -2.19. The molecule has 1 aromatic carbocycles. The molecule has 0 fully saturated rings. The Bertz CT molecular complexity index is 759. The molecule has 0 unspecified atom stereocenters. The van der Waals surface area contributed by atoms with Crippen molar-refractivity contribution in [2.75, 3.05) is 13.1 Å². The van der Waals surface area contributed by atoms with E-state index in [1.165, 1.54) is 4.57 Å². The number of para-hydroxylation sites is 1. The van der Waals surface area contributed by atoms with E-state index >= 15 is 0 Å². The average molecular weight is 316 g/mol. The molecule has 2 aromatic rings. The van der Waals surface area contributed by atoms with E-state index in [9.17, 15) is 9.59 Å². The summed E-state index contributed by atoms with van der Waals surface area (Å²) < 4.78 is 1.54. The van der Waals surface area contributed by atoms with Crippen LogP contribution >= 0.6 is 0 Å². The fourth-order valence-electron chi connectivity index (χ4n) is 2.18. The molecule has 0 spiro atoms. The highest BCUT2D eigenvalue weighted by molar-refractivity contribution is 5.77. The van der Waals surface area contributed by atoms with Crippen LogP contribution in [0.3, 0.4) is 0 Å². The van der Waals surface area contributed by atoms with Crippen LogP contribution in [0.4, 0.5) is 4.79 Å². The molecule has 6 heteroatoms. The number of nitrogens with zero attached hydrogens (tertiary/aromatic N) is 2. The second-order valence-electron chi connectivity index (χ2n) is 6.83. The molecule has 1 heterocycles. The first-order valence-electron chi connectivity index (χ1n) is 7.74. The van der Waals surface area contributed by atoms with Crippen molar-refractivity contribution in [1.29, 1.82) is 0 Å². The van der Waals surface area contributed by atoms with Crippen LogP contribution in [-0.4, -0.2) is 28.7 Å². The number of nitrogens with one attached hydrogen (secondary N) is 2. The molecule has 23 heavy (non-hydrogen) atoms. The summed E-state index contributed by atoms with van der Waals surface area (Å²) in [5.74, 6) is 0.657. The van der Waals surface area contributed by atoms with Gasteiger partial charge >= 0.3 is 6.03 Å². The van der Waals surface area contributed by atoms with Crippen LogP contribution in [0.1, 0.15) is 26.6 Å². The molecular formula is C17H24N4O2. The van der Waals surface area contributed by atoms with E-state index in [1.807, 2.05) is 18.2 Å². The van der Waals surface area contributed by atoms with Crippen LogP contribution in [0.2, 0.25) is 0 Å². The molecule has 0 radical (unpaired) electrons. The smallest absolute Gasteiger partial charge is 0.314 e. The Balaban J connectivity index is 1.99. The largest absolute Gasteiger partial charge is 0.338 e. The van der Waals surface area contributed by atoms with Gasteiger partial charge in [0.05, 0.1) is 10.9 Å². The van der Waals surface area contributed by atoms with E-state index in [-0.39, 0.29) is 17.0 Å². The van der Waals surface area contributed by atoms with Crippen LogP contribution in [0.15, 0.2) is 29.1 Å². The number of aromatic nitrogens is 2. The number of benzene rings is 1. The fourth-order valence-corrected chi connectivity index (χ4v) is 2.18. The summed E-state index contributed by atoms with van der Waals surface area (Å²) in [6, 6.07) is 7.07. The number of urea groups is 1. The Morgan fingerprint density at radius 1 is 1.22 bits per heavy atom. The average Bonchev–Trinajstić information content (AvgIpc) is 2.49. The van der Waals surface area contributed by atoms with Crippen LogP contribution in [0.5, 0.6) is 0 Å². The zero-order valence-electron chi connectivity index (χ0n) is 14.1. The second kappa shape index (κ2) is 6.81. The summed E-state index contributed by atoms with van der Waals surface area (Å²) in [6.45, 7) is 7.20. The maximum Gasteiger partial charge on any atom is 0.314 e. The van der Waals surface area contributed by atoms with E-state index in [4.69, 9.17) is 0 Å². The number of fused-ring (bicyclic) bond motifs is 1. The molecule has 0 aliphatic heterocycles. The number of amides is 2. The summed E-state index contributed by atoms with van der Waals surface area (Å²) in [5.41, 5.74) is 0.659. The Hall–Kier alpha value is -2.37. The maximum absolute atomic E-state index is 12.3. The van der Waals surface area contributed by atoms with Gasteiger partial charge in [-0.15, -0.1) is 0 Å². The van der Waals surface area contributed by atoms with Gasteiger partial charge in [0.25, 0.3) is 5.56 Å². The highest BCUT2D eigenvalue weighted by Gasteiger charge is 2.12. The zero-order valence-corrected chi connectivity index (χ0v) is 14.1. The first-order valence-corrected chi connectivity index (χ1v) is 7.74. The number of hydrogen-bond acceptors (Lipinski definition) is 3. The fraction of sp³-hybridized carbons (Fsp3) is 0.471. The number of carbonyl (C=O) groups excluding carboxylic acids is 1. The quantitative estimate of drug-likeness (QED) is 0.903. The van der Waals surface area contributed by atoms with Crippen molar-refractivity contribution >= 4 is 16.9 Å². The first kappa shape index (κ1) is 17.0. The van der Waals surface area contributed by atoms with E-state index in [0.717, 1.165) is 0 Å². The van der Waals surface area contributed by atoms with Gasteiger partial charge in [0.2, 0.25) is 0 Å². The molecule has 2 N–H and O–H groups in total. The highest BCUT2D eigenvalue weighted by Crippen LogP contribution is 2.10. The minimum atomic E-state index is -0.203. The SMILES string of the molecule is Cn1c(CCNC(=O)NCC(C)(C)C)nc2ccccc2c1=O. The zero-order chi connectivity index (χ0) is 17.0. The van der Waals surface area contributed by atoms with E-state index in [1.54, 1.807) is 13.1 Å².